The van der Waals surface area contributed by atoms with Gasteiger partial charge in [0.25, 0.3) is 0 Å². The molecule has 1 aliphatic carbocycles. The molecule has 2 atom stereocenters. The van der Waals surface area contributed by atoms with E-state index in [-0.39, 0.29) is 0 Å². The Bertz CT molecular complexity index is 292. The maximum absolute atomic E-state index is 7.00. The fourth-order valence-electron chi connectivity index (χ4n) is 3.65. The molecule has 0 aliphatic heterocycles. The van der Waals surface area contributed by atoms with E-state index in [9.17, 15) is 0 Å². The minimum absolute atomic E-state index is 0.780. The molecule has 1 saturated carbocycles. The molecule has 1 N–H and O–H groups in total. The number of hydrogen-bond acceptors (Lipinski definition) is 1. The summed E-state index contributed by atoms with van der Waals surface area (Å²) in [5.41, 5.74) is 1.54. The number of rotatable bonds is 11. The van der Waals surface area contributed by atoms with Crippen LogP contribution in [0.4, 0.5) is 0 Å². The van der Waals surface area contributed by atoms with Gasteiger partial charge in [0.2, 0.25) is 0 Å². The predicted molar refractivity (Wildman–Crippen MR) is 116 cm³/mol. The van der Waals surface area contributed by atoms with Gasteiger partial charge in [-0.25, -0.2) is 0 Å². The van der Waals surface area contributed by atoms with Crippen LogP contribution < -0.4 is 0 Å². The zero-order valence-electron chi connectivity index (χ0n) is 18.2. The summed E-state index contributed by atoms with van der Waals surface area (Å²) in [4.78, 5) is 0. The van der Waals surface area contributed by atoms with Crippen molar-refractivity contribution in [3.05, 3.63) is 24.3 Å². The summed E-state index contributed by atoms with van der Waals surface area (Å²) in [6.45, 7) is 13.0. The first-order chi connectivity index (χ1) is 12.3. The minimum atomic E-state index is 0.780. The summed E-state index contributed by atoms with van der Waals surface area (Å²) in [5.74, 6) is 1.57. The zero-order chi connectivity index (χ0) is 19.3. The second-order valence-corrected chi connectivity index (χ2v) is 6.95. The number of aliphatic hydroxyl groups excluding tert-OH is 1. The van der Waals surface area contributed by atoms with E-state index in [1.165, 1.54) is 83.5 Å². The Morgan fingerprint density at radius 1 is 0.960 bits per heavy atom. The summed E-state index contributed by atoms with van der Waals surface area (Å²) in [5, 5.41) is 7.00. The van der Waals surface area contributed by atoms with E-state index in [0.717, 1.165) is 18.9 Å². The molecule has 1 aliphatic rings. The van der Waals surface area contributed by atoms with Crippen LogP contribution in [0.2, 0.25) is 0 Å². The highest BCUT2D eigenvalue weighted by molar-refractivity contribution is 5.10. The van der Waals surface area contributed by atoms with E-state index in [4.69, 9.17) is 5.11 Å². The molecule has 0 radical (unpaired) electrons. The van der Waals surface area contributed by atoms with E-state index < -0.39 is 0 Å². The van der Waals surface area contributed by atoms with Crippen LogP contribution in [0.25, 0.3) is 0 Å². The minimum Gasteiger partial charge on any atom is -0.400 e. The number of allylic oxidation sites excluding steroid dienone is 3. The molecule has 0 heterocycles. The van der Waals surface area contributed by atoms with Crippen molar-refractivity contribution in [2.45, 2.75) is 111 Å². The fraction of sp³-hybridized carbons (Fsp3) is 0.833. The largest absolute Gasteiger partial charge is 0.400 e. The third kappa shape index (κ3) is 14.3. The van der Waals surface area contributed by atoms with Gasteiger partial charge in [-0.15, -0.1) is 0 Å². The second kappa shape index (κ2) is 21.5. The summed E-state index contributed by atoms with van der Waals surface area (Å²) >= 11 is 0. The highest BCUT2D eigenvalue weighted by atomic mass is 16.2. The van der Waals surface area contributed by atoms with Crippen molar-refractivity contribution in [1.29, 1.82) is 0 Å². The molecule has 0 aromatic rings. The lowest BCUT2D eigenvalue weighted by Crippen LogP contribution is -2.20. The van der Waals surface area contributed by atoms with Crippen LogP contribution in [-0.2, 0) is 0 Å². The topological polar surface area (TPSA) is 20.2 Å². The molecule has 0 bridgehead atoms. The quantitative estimate of drug-likeness (QED) is 0.294. The van der Waals surface area contributed by atoms with Gasteiger partial charge in [-0.2, -0.15) is 0 Å². The first-order valence-corrected chi connectivity index (χ1v) is 11.1. The van der Waals surface area contributed by atoms with Gasteiger partial charge in [0.1, 0.15) is 0 Å². The van der Waals surface area contributed by atoms with Gasteiger partial charge in [0.15, 0.2) is 0 Å². The summed E-state index contributed by atoms with van der Waals surface area (Å²) in [6, 6.07) is 0. The Morgan fingerprint density at radius 2 is 1.56 bits per heavy atom. The third-order valence-corrected chi connectivity index (χ3v) is 5.05. The maximum Gasteiger partial charge on any atom is 0.0319 e. The van der Waals surface area contributed by atoms with Crippen LogP contribution in [0.3, 0.4) is 0 Å². The maximum atomic E-state index is 7.00. The lowest BCUT2D eigenvalue weighted by molar-refractivity contribution is 0.333. The highest BCUT2D eigenvalue weighted by Crippen LogP contribution is 2.37. The Hall–Kier alpha value is -0.560. The first-order valence-electron chi connectivity index (χ1n) is 11.1. The smallest absolute Gasteiger partial charge is 0.0319 e. The number of hydrogen-bond donors (Lipinski definition) is 1. The van der Waals surface area contributed by atoms with Gasteiger partial charge in [0.05, 0.1) is 0 Å². The van der Waals surface area contributed by atoms with Gasteiger partial charge in [0, 0.05) is 7.11 Å². The molecule has 1 nitrogen and oxygen atoms in total. The van der Waals surface area contributed by atoms with E-state index in [1.807, 2.05) is 13.8 Å². The average molecular weight is 353 g/mol. The molecule has 1 rings (SSSR count). The van der Waals surface area contributed by atoms with Crippen molar-refractivity contribution in [2.75, 3.05) is 7.11 Å². The van der Waals surface area contributed by atoms with Crippen LogP contribution in [0.1, 0.15) is 111 Å². The van der Waals surface area contributed by atoms with Crippen LogP contribution in [-0.4, -0.2) is 12.2 Å². The van der Waals surface area contributed by atoms with Crippen LogP contribution >= 0.6 is 0 Å². The molecule has 1 heteroatoms. The number of unbranched alkanes of at least 4 members (excludes halogenated alkanes) is 7. The molecule has 0 amide bonds. The van der Waals surface area contributed by atoms with Crippen molar-refractivity contribution in [2.24, 2.45) is 11.8 Å². The van der Waals surface area contributed by atoms with E-state index >= 15 is 0 Å². The SMILES string of the molecule is C=C1CCCC(/C=C/CCCCC)C1CCCCCCC.CC.CO. The monoisotopic (exact) mass is 352 g/mol. The standard InChI is InChI=1S/C21H38.C2H6.CH4O/c1-4-6-8-10-12-16-20-17-14-15-19(3)21(20)18-13-11-9-7-5-2;2*1-2/h12,16,20-21H,3-11,13-15,17-18H2,1-2H3;1-2H3;2H,1H3/b16-12+;;. The Labute approximate surface area is 160 Å². The molecule has 150 valence electrons. The predicted octanol–water partition coefficient (Wildman–Crippen LogP) is 8.09. The van der Waals surface area contributed by atoms with Gasteiger partial charge < -0.3 is 5.11 Å². The van der Waals surface area contributed by atoms with Crippen molar-refractivity contribution in [1.82, 2.24) is 0 Å². The molecular weight excluding hydrogens is 304 g/mol. The first kappa shape index (κ1) is 26.7. The fourth-order valence-corrected chi connectivity index (χ4v) is 3.65. The lowest BCUT2D eigenvalue weighted by Gasteiger charge is -2.32. The van der Waals surface area contributed by atoms with E-state index in [2.05, 4.69) is 32.6 Å². The normalized spacial score (nSPS) is 19.8. The third-order valence-electron chi connectivity index (χ3n) is 5.05. The molecule has 25 heavy (non-hydrogen) atoms. The average Bonchev–Trinajstić information content (AvgIpc) is 2.66. The number of aliphatic hydroxyl groups is 1. The summed E-state index contributed by atoms with van der Waals surface area (Å²) in [6.07, 6.45) is 22.8. The molecule has 0 aromatic heterocycles. The van der Waals surface area contributed by atoms with Crippen molar-refractivity contribution in [3.63, 3.8) is 0 Å². The van der Waals surface area contributed by atoms with Crippen molar-refractivity contribution in [3.8, 4) is 0 Å². The lowest BCUT2D eigenvalue weighted by atomic mass is 9.73. The van der Waals surface area contributed by atoms with Crippen molar-refractivity contribution < 1.29 is 5.11 Å². The zero-order valence-corrected chi connectivity index (χ0v) is 18.2. The van der Waals surface area contributed by atoms with E-state index in [1.54, 1.807) is 5.57 Å². The van der Waals surface area contributed by atoms with Crippen LogP contribution in [0.15, 0.2) is 24.3 Å². The van der Waals surface area contributed by atoms with Crippen molar-refractivity contribution >= 4 is 0 Å². The molecule has 0 saturated heterocycles. The molecule has 2 unspecified atom stereocenters. The van der Waals surface area contributed by atoms with Gasteiger partial charge in [-0.1, -0.05) is 96.9 Å². The highest BCUT2D eigenvalue weighted by Gasteiger charge is 2.25. The molecular formula is C24H48O. The summed E-state index contributed by atoms with van der Waals surface area (Å²) in [7, 11) is 1.00. The van der Waals surface area contributed by atoms with Gasteiger partial charge in [-0.05, 0) is 50.4 Å². The second-order valence-electron chi connectivity index (χ2n) is 6.95. The molecule has 0 aromatic carbocycles. The molecule has 0 spiro atoms. The van der Waals surface area contributed by atoms with Crippen LogP contribution in [0.5, 0.6) is 0 Å². The van der Waals surface area contributed by atoms with Crippen LogP contribution in [0, 0.1) is 11.8 Å². The summed E-state index contributed by atoms with van der Waals surface area (Å²) < 4.78 is 0. The van der Waals surface area contributed by atoms with Gasteiger partial charge >= 0.3 is 0 Å². The molecule has 1 fully saturated rings. The van der Waals surface area contributed by atoms with Gasteiger partial charge in [-0.3, -0.25) is 0 Å². The Balaban J connectivity index is 0. The van der Waals surface area contributed by atoms with E-state index in [0.29, 0.717) is 0 Å². The Kier molecular flexibility index (Phi) is 22.9. The Morgan fingerprint density at radius 3 is 2.20 bits per heavy atom.